The fraction of sp³-hybridized carbons (Fsp3) is 0.308. The van der Waals surface area contributed by atoms with Gasteiger partial charge in [-0.2, -0.15) is 0 Å². The van der Waals surface area contributed by atoms with E-state index in [4.69, 9.17) is 5.73 Å². The Kier molecular flexibility index (Phi) is 4.12. The summed E-state index contributed by atoms with van der Waals surface area (Å²) in [5.41, 5.74) is 12.1. The summed E-state index contributed by atoms with van der Waals surface area (Å²) in [5.74, 6) is 0. The monoisotopic (exact) mass is 247 g/mol. The first-order valence-electron chi connectivity index (χ1n) is 5.68. The molecule has 1 aromatic carbocycles. The molecule has 90 valence electrons. The van der Waals surface area contributed by atoms with E-state index in [-0.39, 0.29) is 0 Å². The summed E-state index contributed by atoms with van der Waals surface area (Å²) in [6.07, 6.45) is 0.984. The van der Waals surface area contributed by atoms with Gasteiger partial charge in [-0.05, 0) is 24.1 Å². The molecular weight excluding hydrogens is 230 g/mol. The smallest absolute Gasteiger partial charge is 0.0794 e. The lowest BCUT2D eigenvalue weighted by Gasteiger charge is -2.06. The molecule has 2 aromatic rings. The normalized spacial score (nSPS) is 10.6. The van der Waals surface area contributed by atoms with Crippen molar-refractivity contribution in [3.05, 3.63) is 45.9 Å². The van der Waals surface area contributed by atoms with Crippen LogP contribution >= 0.6 is 11.3 Å². The van der Waals surface area contributed by atoms with Gasteiger partial charge < -0.3 is 11.1 Å². The number of nitrogens with two attached hydrogens (primary N) is 1. The van der Waals surface area contributed by atoms with Crippen LogP contribution in [0.2, 0.25) is 0 Å². The quantitative estimate of drug-likeness (QED) is 0.630. The van der Waals surface area contributed by atoms with E-state index in [0.717, 1.165) is 36.5 Å². The fourth-order valence-electron chi connectivity index (χ4n) is 1.66. The van der Waals surface area contributed by atoms with Crippen LogP contribution in [-0.2, 0) is 13.0 Å². The Morgan fingerprint density at radius 2 is 2.29 bits per heavy atom. The van der Waals surface area contributed by atoms with Gasteiger partial charge in [0.15, 0.2) is 0 Å². The zero-order chi connectivity index (χ0) is 12.1. The average Bonchev–Trinajstić information content (AvgIpc) is 2.82. The summed E-state index contributed by atoms with van der Waals surface area (Å²) < 4.78 is 0. The van der Waals surface area contributed by atoms with E-state index < -0.39 is 0 Å². The van der Waals surface area contributed by atoms with Gasteiger partial charge >= 0.3 is 0 Å². The molecule has 0 atom stereocenters. The third-order valence-electron chi connectivity index (χ3n) is 2.70. The van der Waals surface area contributed by atoms with E-state index in [2.05, 4.69) is 27.8 Å². The minimum absolute atomic E-state index is 0.858. The van der Waals surface area contributed by atoms with Crippen molar-refractivity contribution in [2.24, 2.45) is 0 Å². The van der Waals surface area contributed by atoms with Gasteiger partial charge in [0, 0.05) is 30.6 Å². The highest BCUT2D eigenvalue weighted by Crippen LogP contribution is 2.12. The number of aromatic nitrogens is 1. The van der Waals surface area contributed by atoms with Crippen LogP contribution in [0, 0.1) is 6.92 Å². The summed E-state index contributed by atoms with van der Waals surface area (Å²) in [6.45, 7) is 3.87. The van der Waals surface area contributed by atoms with Crippen molar-refractivity contribution in [1.82, 2.24) is 10.3 Å². The van der Waals surface area contributed by atoms with Crippen LogP contribution in [0.3, 0.4) is 0 Å². The molecule has 3 nitrogen and oxygen atoms in total. The first-order chi connectivity index (χ1) is 8.25. The molecule has 0 unspecified atom stereocenters. The number of nitrogen functional groups attached to an aromatic ring is 1. The summed E-state index contributed by atoms with van der Waals surface area (Å²) in [5, 5.41) is 5.50. The van der Waals surface area contributed by atoms with Crippen LogP contribution in [0.25, 0.3) is 0 Å². The van der Waals surface area contributed by atoms with Crippen molar-refractivity contribution in [2.45, 2.75) is 19.9 Å². The van der Waals surface area contributed by atoms with Gasteiger partial charge in [0.1, 0.15) is 0 Å². The highest BCUT2D eigenvalue weighted by molar-refractivity contribution is 7.07. The first-order valence-corrected chi connectivity index (χ1v) is 6.63. The molecular formula is C13H17N3S. The average molecular weight is 247 g/mol. The highest BCUT2D eigenvalue weighted by atomic mass is 32.1. The maximum absolute atomic E-state index is 5.78. The second kappa shape index (κ2) is 5.80. The second-order valence-corrected chi connectivity index (χ2v) is 4.82. The van der Waals surface area contributed by atoms with Gasteiger partial charge in [-0.3, -0.25) is 0 Å². The SMILES string of the molecule is Cc1cc(CNCCc2cscn2)ccc1N. The number of aryl methyl sites for hydroxylation is 1. The molecule has 0 radical (unpaired) electrons. The highest BCUT2D eigenvalue weighted by Gasteiger charge is 1.98. The van der Waals surface area contributed by atoms with Crippen LogP contribution < -0.4 is 11.1 Å². The predicted octanol–water partition coefficient (Wildman–Crippen LogP) is 2.37. The molecule has 17 heavy (non-hydrogen) atoms. The fourth-order valence-corrected chi connectivity index (χ4v) is 2.25. The molecule has 0 bridgehead atoms. The number of nitrogens with zero attached hydrogens (tertiary/aromatic N) is 1. The van der Waals surface area contributed by atoms with E-state index in [9.17, 15) is 0 Å². The van der Waals surface area contributed by atoms with Gasteiger partial charge in [-0.1, -0.05) is 12.1 Å². The van der Waals surface area contributed by atoms with Crippen molar-refractivity contribution in [2.75, 3.05) is 12.3 Å². The van der Waals surface area contributed by atoms with E-state index >= 15 is 0 Å². The van der Waals surface area contributed by atoms with E-state index in [1.807, 2.05) is 18.5 Å². The van der Waals surface area contributed by atoms with Gasteiger partial charge in [0.2, 0.25) is 0 Å². The molecule has 0 aliphatic carbocycles. The molecule has 0 saturated heterocycles. The Hall–Kier alpha value is -1.39. The number of anilines is 1. The summed E-state index contributed by atoms with van der Waals surface area (Å²) in [6, 6.07) is 6.16. The van der Waals surface area contributed by atoms with Crippen molar-refractivity contribution in [3.63, 3.8) is 0 Å². The largest absolute Gasteiger partial charge is 0.399 e. The summed E-state index contributed by atoms with van der Waals surface area (Å²) >= 11 is 1.64. The molecule has 0 fully saturated rings. The lowest BCUT2D eigenvalue weighted by atomic mass is 10.1. The van der Waals surface area contributed by atoms with Crippen LogP contribution in [0.1, 0.15) is 16.8 Å². The number of hydrogen-bond donors (Lipinski definition) is 2. The Morgan fingerprint density at radius 3 is 3.00 bits per heavy atom. The summed E-state index contributed by atoms with van der Waals surface area (Å²) in [7, 11) is 0. The third kappa shape index (κ3) is 3.54. The standard InChI is InChI=1S/C13H17N3S/c1-10-6-11(2-3-13(10)14)7-15-5-4-12-8-17-9-16-12/h2-3,6,8-9,15H,4-5,7,14H2,1H3. The molecule has 0 aliphatic rings. The third-order valence-corrected chi connectivity index (χ3v) is 3.34. The second-order valence-electron chi connectivity index (χ2n) is 4.10. The van der Waals surface area contributed by atoms with Gasteiger partial charge in [0.25, 0.3) is 0 Å². The molecule has 1 aromatic heterocycles. The zero-order valence-electron chi connectivity index (χ0n) is 9.94. The molecule has 0 aliphatic heterocycles. The number of rotatable bonds is 5. The van der Waals surface area contributed by atoms with Crippen molar-refractivity contribution in [1.29, 1.82) is 0 Å². The molecule has 0 spiro atoms. The van der Waals surface area contributed by atoms with Crippen molar-refractivity contribution >= 4 is 17.0 Å². The number of benzene rings is 1. The first kappa shape index (κ1) is 12.1. The minimum atomic E-state index is 0.858. The lowest BCUT2D eigenvalue weighted by Crippen LogP contribution is -2.16. The zero-order valence-corrected chi connectivity index (χ0v) is 10.8. The maximum atomic E-state index is 5.78. The van der Waals surface area contributed by atoms with Crippen molar-refractivity contribution < 1.29 is 0 Å². The number of hydrogen-bond acceptors (Lipinski definition) is 4. The van der Waals surface area contributed by atoms with E-state index in [1.165, 1.54) is 5.56 Å². The Bertz CT molecular complexity index is 466. The molecule has 3 N–H and O–H groups in total. The van der Waals surface area contributed by atoms with Gasteiger partial charge in [0.05, 0.1) is 11.2 Å². The van der Waals surface area contributed by atoms with Crippen molar-refractivity contribution in [3.8, 4) is 0 Å². The Labute approximate surface area is 106 Å². The molecule has 4 heteroatoms. The minimum Gasteiger partial charge on any atom is -0.399 e. The van der Waals surface area contributed by atoms with Crippen LogP contribution in [0.15, 0.2) is 29.1 Å². The molecule has 0 saturated carbocycles. The predicted molar refractivity (Wildman–Crippen MR) is 73.1 cm³/mol. The summed E-state index contributed by atoms with van der Waals surface area (Å²) in [4.78, 5) is 4.25. The molecule has 0 amide bonds. The lowest BCUT2D eigenvalue weighted by molar-refractivity contribution is 0.681. The number of thiazole rings is 1. The Balaban J connectivity index is 1.76. The topological polar surface area (TPSA) is 50.9 Å². The van der Waals surface area contributed by atoms with Gasteiger partial charge in [-0.15, -0.1) is 11.3 Å². The molecule has 1 heterocycles. The maximum Gasteiger partial charge on any atom is 0.0794 e. The van der Waals surface area contributed by atoms with Crippen LogP contribution in [0.4, 0.5) is 5.69 Å². The van der Waals surface area contributed by atoms with E-state index in [0.29, 0.717) is 0 Å². The van der Waals surface area contributed by atoms with Crippen LogP contribution in [-0.4, -0.2) is 11.5 Å². The van der Waals surface area contributed by atoms with Crippen LogP contribution in [0.5, 0.6) is 0 Å². The number of nitrogens with one attached hydrogen (secondary N) is 1. The molecule has 2 rings (SSSR count). The van der Waals surface area contributed by atoms with E-state index in [1.54, 1.807) is 11.3 Å². The van der Waals surface area contributed by atoms with Gasteiger partial charge in [-0.25, -0.2) is 4.98 Å². The Morgan fingerprint density at radius 1 is 1.41 bits per heavy atom.